The molecule has 2 aromatic rings. The summed E-state index contributed by atoms with van der Waals surface area (Å²) in [5, 5.41) is 6.79. The van der Waals surface area contributed by atoms with Gasteiger partial charge in [-0.3, -0.25) is 9.69 Å². The van der Waals surface area contributed by atoms with Crippen LogP contribution in [0.25, 0.3) is 11.3 Å². The van der Waals surface area contributed by atoms with E-state index < -0.39 is 0 Å². The molecule has 1 aromatic heterocycles. The van der Waals surface area contributed by atoms with Crippen LogP contribution in [0.5, 0.6) is 0 Å². The minimum absolute atomic E-state index is 0.00344. The van der Waals surface area contributed by atoms with Gasteiger partial charge in [-0.15, -0.1) is 0 Å². The Bertz CT molecular complexity index is 687. The Kier molecular flexibility index (Phi) is 7.33. The van der Waals surface area contributed by atoms with E-state index in [-0.39, 0.29) is 11.7 Å². The molecule has 0 atom stereocenters. The Balaban J connectivity index is 1.83. The molecule has 6 heteroatoms. The zero-order valence-electron chi connectivity index (χ0n) is 16.0. The number of aryl methyl sites for hydroxylation is 1. The van der Waals surface area contributed by atoms with Crippen LogP contribution in [-0.2, 0) is 11.2 Å². The molecule has 0 saturated heterocycles. The van der Waals surface area contributed by atoms with Gasteiger partial charge < -0.3 is 9.84 Å². The number of amides is 1. The molecule has 0 unspecified atom stereocenters. The number of nitrogens with zero attached hydrogens (tertiary/aromatic N) is 2. The topological polar surface area (TPSA) is 58.4 Å². The van der Waals surface area contributed by atoms with Crippen molar-refractivity contribution in [2.24, 2.45) is 0 Å². The average Bonchev–Trinajstić information content (AvgIpc) is 3.05. The first-order valence-corrected chi connectivity index (χ1v) is 9.10. The minimum atomic E-state index is -0.300. The lowest BCUT2D eigenvalue weighted by atomic mass is 10.1. The maximum absolute atomic E-state index is 13.1. The Morgan fingerprint density at radius 2 is 1.85 bits per heavy atom. The summed E-state index contributed by atoms with van der Waals surface area (Å²) in [4.78, 5) is 14.5. The minimum Gasteiger partial charge on any atom is -0.356 e. The van der Waals surface area contributed by atoms with E-state index in [0.29, 0.717) is 37.2 Å². The molecule has 5 nitrogen and oxygen atoms in total. The molecule has 0 spiro atoms. The number of aromatic nitrogens is 1. The zero-order chi connectivity index (χ0) is 19.1. The molecule has 1 heterocycles. The van der Waals surface area contributed by atoms with Gasteiger partial charge in [-0.1, -0.05) is 5.16 Å². The van der Waals surface area contributed by atoms with E-state index >= 15 is 0 Å². The monoisotopic (exact) mass is 361 g/mol. The quantitative estimate of drug-likeness (QED) is 0.741. The van der Waals surface area contributed by atoms with Crippen LogP contribution in [0, 0.1) is 5.82 Å². The summed E-state index contributed by atoms with van der Waals surface area (Å²) in [5.74, 6) is 0.290. The molecule has 0 aliphatic heterocycles. The smallest absolute Gasteiger partial charge is 0.220 e. The van der Waals surface area contributed by atoms with Crippen molar-refractivity contribution >= 4 is 5.91 Å². The summed E-state index contributed by atoms with van der Waals surface area (Å²) in [6, 6.07) is 6.94. The van der Waals surface area contributed by atoms with E-state index in [0.717, 1.165) is 17.7 Å². The Morgan fingerprint density at radius 3 is 2.46 bits per heavy atom. The first-order chi connectivity index (χ1) is 12.4. The van der Waals surface area contributed by atoms with Gasteiger partial charge in [-0.2, -0.15) is 0 Å². The fourth-order valence-electron chi connectivity index (χ4n) is 3.05. The summed E-state index contributed by atoms with van der Waals surface area (Å²) < 4.78 is 18.3. The first-order valence-electron chi connectivity index (χ1n) is 9.10. The maximum atomic E-state index is 13.1. The van der Waals surface area contributed by atoms with E-state index in [2.05, 4.69) is 43.1 Å². The highest BCUT2D eigenvalue weighted by atomic mass is 19.1. The van der Waals surface area contributed by atoms with Crippen molar-refractivity contribution in [1.29, 1.82) is 0 Å². The lowest BCUT2D eigenvalue weighted by Gasteiger charge is -2.30. The highest BCUT2D eigenvalue weighted by Gasteiger charge is 2.15. The van der Waals surface area contributed by atoms with Gasteiger partial charge in [-0.25, -0.2) is 4.39 Å². The van der Waals surface area contributed by atoms with Gasteiger partial charge in [-0.05, 0) is 58.4 Å². The van der Waals surface area contributed by atoms with E-state index in [1.165, 1.54) is 12.1 Å². The summed E-state index contributed by atoms with van der Waals surface area (Å²) in [7, 11) is 0. The molecule has 0 fully saturated rings. The summed E-state index contributed by atoms with van der Waals surface area (Å²) in [6.07, 6.45) is 2.50. The molecular formula is C20H28FN3O2. The van der Waals surface area contributed by atoms with Gasteiger partial charge in [0, 0.05) is 42.7 Å². The first kappa shape index (κ1) is 20.1. The highest BCUT2D eigenvalue weighted by molar-refractivity contribution is 5.76. The third kappa shape index (κ3) is 5.66. The second kappa shape index (κ2) is 9.48. The van der Waals surface area contributed by atoms with Crippen molar-refractivity contribution in [3.8, 4) is 11.3 Å². The summed E-state index contributed by atoms with van der Waals surface area (Å²) in [6.45, 7) is 10.1. The largest absolute Gasteiger partial charge is 0.356 e. The third-order valence-electron chi connectivity index (χ3n) is 4.39. The molecule has 2 rings (SSSR count). The third-order valence-corrected chi connectivity index (χ3v) is 4.39. The fraction of sp³-hybridized carbons (Fsp3) is 0.500. The van der Waals surface area contributed by atoms with Crippen molar-refractivity contribution in [3.05, 3.63) is 41.8 Å². The fourth-order valence-corrected chi connectivity index (χ4v) is 3.05. The number of rotatable bonds is 9. The van der Waals surface area contributed by atoms with E-state index in [1.807, 2.05) is 0 Å². The zero-order valence-corrected chi connectivity index (χ0v) is 16.0. The lowest BCUT2D eigenvalue weighted by Crippen LogP contribution is -2.42. The van der Waals surface area contributed by atoms with Crippen molar-refractivity contribution in [2.75, 3.05) is 13.1 Å². The van der Waals surface area contributed by atoms with Crippen LogP contribution >= 0.6 is 0 Å². The molecule has 0 radical (unpaired) electrons. The molecule has 1 amide bonds. The summed E-state index contributed by atoms with van der Waals surface area (Å²) >= 11 is 0. The van der Waals surface area contributed by atoms with E-state index in [1.54, 1.807) is 18.3 Å². The predicted molar refractivity (Wildman–Crippen MR) is 100 cm³/mol. The van der Waals surface area contributed by atoms with Crippen molar-refractivity contribution in [2.45, 2.75) is 52.6 Å². The molecule has 1 N–H and O–H groups in total. The normalized spacial score (nSPS) is 11.5. The summed E-state index contributed by atoms with van der Waals surface area (Å²) in [5.41, 5.74) is 1.60. The van der Waals surface area contributed by atoms with Gasteiger partial charge in [0.05, 0.1) is 6.20 Å². The van der Waals surface area contributed by atoms with Crippen LogP contribution in [0.4, 0.5) is 4.39 Å². The molecule has 0 saturated carbocycles. The molecule has 0 bridgehead atoms. The Labute approximate surface area is 154 Å². The average molecular weight is 361 g/mol. The van der Waals surface area contributed by atoms with E-state index in [4.69, 9.17) is 4.52 Å². The number of nitrogens with one attached hydrogen (secondary N) is 1. The Hall–Kier alpha value is -2.21. The number of hydrogen-bond donors (Lipinski definition) is 1. The van der Waals surface area contributed by atoms with Crippen LogP contribution in [0.15, 0.2) is 35.0 Å². The molecule has 0 aliphatic carbocycles. The number of carbonyl (C=O) groups is 1. The van der Waals surface area contributed by atoms with Crippen LogP contribution in [0.2, 0.25) is 0 Å². The number of halogens is 1. The maximum Gasteiger partial charge on any atom is 0.220 e. The SMILES string of the molecule is CC(C)N(CCNC(=O)CCc1cnoc1-c1ccc(F)cc1)C(C)C. The Morgan fingerprint density at radius 1 is 1.19 bits per heavy atom. The van der Waals surface area contributed by atoms with E-state index in [9.17, 15) is 9.18 Å². The predicted octanol–water partition coefficient (Wildman–Crippen LogP) is 3.65. The number of benzene rings is 1. The lowest BCUT2D eigenvalue weighted by molar-refractivity contribution is -0.121. The molecule has 26 heavy (non-hydrogen) atoms. The molecular weight excluding hydrogens is 333 g/mol. The van der Waals surface area contributed by atoms with Crippen molar-refractivity contribution in [3.63, 3.8) is 0 Å². The number of hydrogen-bond acceptors (Lipinski definition) is 4. The standard InChI is InChI=1S/C20H28FN3O2/c1-14(2)24(15(3)4)12-11-22-19(25)10-7-17-13-23-26-20(17)16-5-8-18(21)9-6-16/h5-6,8-9,13-15H,7,10-12H2,1-4H3,(H,22,25). The molecule has 1 aromatic carbocycles. The van der Waals surface area contributed by atoms with Crippen LogP contribution < -0.4 is 5.32 Å². The van der Waals surface area contributed by atoms with Crippen LogP contribution in [-0.4, -0.2) is 41.1 Å². The van der Waals surface area contributed by atoms with Gasteiger partial charge in [0.15, 0.2) is 5.76 Å². The van der Waals surface area contributed by atoms with Crippen LogP contribution in [0.1, 0.15) is 39.7 Å². The van der Waals surface area contributed by atoms with Gasteiger partial charge in [0.1, 0.15) is 5.82 Å². The van der Waals surface area contributed by atoms with Crippen molar-refractivity contribution < 1.29 is 13.7 Å². The second-order valence-corrected chi connectivity index (χ2v) is 6.96. The second-order valence-electron chi connectivity index (χ2n) is 6.96. The van der Waals surface area contributed by atoms with Gasteiger partial charge in [0.25, 0.3) is 0 Å². The molecule has 142 valence electrons. The van der Waals surface area contributed by atoms with Gasteiger partial charge in [0.2, 0.25) is 5.91 Å². The highest BCUT2D eigenvalue weighted by Crippen LogP contribution is 2.24. The number of carbonyl (C=O) groups excluding carboxylic acids is 1. The van der Waals surface area contributed by atoms with Gasteiger partial charge >= 0.3 is 0 Å². The molecule has 0 aliphatic rings. The van der Waals surface area contributed by atoms with Crippen molar-refractivity contribution in [1.82, 2.24) is 15.4 Å². The van der Waals surface area contributed by atoms with Crippen LogP contribution in [0.3, 0.4) is 0 Å².